The molecule has 2 N–H and O–H groups in total. The second kappa shape index (κ2) is 7.29. The molecule has 0 saturated carbocycles. The van der Waals surface area contributed by atoms with Gasteiger partial charge in [-0.3, -0.25) is 0 Å². The fourth-order valence-corrected chi connectivity index (χ4v) is 2.19. The summed E-state index contributed by atoms with van der Waals surface area (Å²) in [5, 5.41) is 0. The molecule has 0 saturated heterocycles. The minimum Gasteiger partial charge on any atom is -0.369 e. The number of aromatic nitrogens is 2. The van der Waals surface area contributed by atoms with Crippen molar-refractivity contribution in [1.82, 2.24) is 9.55 Å². The minimum absolute atomic E-state index is 0. The van der Waals surface area contributed by atoms with Crippen molar-refractivity contribution in [3.05, 3.63) is 35.8 Å². The van der Waals surface area contributed by atoms with Crippen LogP contribution in [-0.2, 0) is 6.54 Å². The summed E-state index contributed by atoms with van der Waals surface area (Å²) in [7, 11) is 0. The van der Waals surface area contributed by atoms with Crippen molar-refractivity contribution in [2.24, 2.45) is 0 Å². The van der Waals surface area contributed by atoms with Gasteiger partial charge >= 0.3 is 0 Å². The Morgan fingerprint density at radius 1 is 1.30 bits per heavy atom. The van der Waals surface area contributed by atoms with Crippen molar-refractivity contribution >= 4 is 18.4 Å². The van der Waals surface area contributed by atoms with E-state index in [9.17, 15) is 4.39 Å². The molecule has 1 aromatic carbocycles. The molecule has 20 heavy (non-hydrogen) atoms. The van der Waals surface area contributed by atoms with Gasteiger partial charge in [0.05, 0.1) is 5.69 Å². The van der Waals surface area contributed by atoms with Gasteiger partial charge in [0.1, 0.15) is 5.82 Å². The summed E-state index contributed by atoms with van der Waals surface area (Å²) in [5.74, 6) is 0.298. The number of hydrogen-bond donors (Lipinski definition) is 1. The molecule has 0 unspecified atom stereocenters. The first kappa shape index (κ1) is 16.5. The van der Waals surface area contributed by atoms with Gasteiger partial charge < -0.3 is 10.3 Å². The van der Waals surface area contributed by atoms with Crippen LogP contribution in [0.3, 0.4) is 0 Å². The van der Waals surface area contributed by atoms with Gasteiger partial charge in [0.15, 0.2) is 0 Å². The van der Waals surface area contributed by atoms with Gasteiger partial charge in [-0.25, -0.2) is 9.37 Å². The molecule has 2 aromatic rings. The average Bonchev–Trinajstić information content (AvgIpc) is 2.71. The maximum Gasteiger partial charge on any atom is 0.200 e. The Hall–Kier alpha value is -1.55. The molecule has 0 aliphatic carbocycles. The van der Waals surface area contributed by atoms with Gasteiger partial charge in [-0.15, -0.1) is 12.4 Å². The number of nitrogens with two attached hydrogens (primary N) is 1. The molecule has 110 valence electrons. The van der Waals surface area contributed by atoms with E-state index in [-0.39, 0.29) is 18.2 Å². The number of benzene rings is 1. The SMILES string of the molecule is CCCCCn1cc(-c2ccc(F)cc2C)nc1N.Cl. The van der Waals surface area contributed by atoms with Gasteiger partial charge in [0.2, 0.25) is 5.95 Å². The van der Waals surface area contributed by atoms with Crippen molar-refractivity contribution < 1.29 is 4.39 Å². The number of halogens is 2. The second-order valence-corrected chi connectivity index (χ2v) is 4.84. The highest BCUT2D eigenvalue weighted by Gasteiger charge is 2.09. The lowest BCUT2D eigenvalue weighted by molar-refractivity contribution is 0.608. The summed E-state index contributed by atoms with van der Waals surface area (Å²) < 4.78 is 15.1. The number of unbranched alkanes of at least 4 members (excludes halogenated alkanes) is 2. The van der Waals surface area contributed by atoms with Crippen molar-refractivity contribution in [2.75, 3.05) is 5.73 Å². The smallest absolute Gasteiger partial charge is 0.200 e. The highest BCUT2D eigenvalue weighted by molar-refractivity contribution is 5.85. The lowest BCUT2D eigenvalue weighted by atomic mass is 10.1. The molecule has 0 bridgehead atoms. The van der Waals surface area contributed by atoms with Crippen LogP contribution in [0.25, 0.3) is 11.3 Å². The van der Waals surface area contributed by atoms with Gasteiger partial charge in [0, 0.05) is 18.3 Å². The number of imidazole rings is 1. The monoisotopic (exact) mass is 297 g/mol. The molecule has 1 aromatic heterocycles. The highest BCUT2D eigenvalue weighted by atomic mass is 35.5. The third-order valence-electron chi connectivity index (χ3n) is 3.27. The van der Waals surface area contributed by atoms with E-state index in [4.69, 9.17) is 5.73 Å². The Bertz CT molecular complexity index is 566. The largest absolute Gasteiger partial charge is 0.369 e. The molecule has 0 amide bonds. The Morgan fingerprint density at radius 2 is 2.05 bits per heavy atom. The summed E-state index contributed by atoms with van der Waals surface area (Å²) in [6.45, 7) is 4.93. The van der Waals surface area contributed by atoms with Crippen LogP contribution < -0.4 is 5.73 Å². The van der Waals surface area contributed by atoms with E-state index < -0.39 is 0 Å². The Balaban J connectivity index is 0.00000200. The van der Waals surface area contributed by atoms with Crippen LogP contribution >= 0.6 is 12.4 Å². The van der Waals surface area contributed by atoms with Crippen molar-refractivity contribution in [3.63, 3.8) is 0 Å². The van der Waals surface area contributed by atoms with Crippen LogP contribution in [0.1, 0.15) is 31.7 Å². The molecule has 3 nitrogen and oxygen atoms in total. The summed E-state index contributed by atoms with van der Waals surface area (Å²) >= 11 is 0. The quantitative estimate of drug-likeness (QED) is 0.841. The van der Waals surface area contributed by atoms with Gasteiger partial charge in [-0.05, 0) is 37.1 Å². The van der Waals surface area contributed by atoms with E-state index in [0.717, 1.165) is 29.8 Å². The molecule has 0 aliphatic rings. The van der Waals surface area contributed by atoms with Gasteiger partial charge in [0.25, 0.3) is 0 Å². The molecule has 0 fully saturated rings. The number of nitrogen functional groups attached to an aromatic ring is 1. The fourth-order valence-electron chi connectivity index (χ4n) is 2.19. The van der Waals surface area contributed by atoms with E-state index >= 15 is 0 Å². The number of rotatable bonds is 5. The molecule has 0 spiro atoms. The van der Waals surface area contributed by atoms with Crippen molar-refractivity contribution in [1.29, 1.82) is 0 Å². The first-order valence-corrected chi connectivity index (χ1v) is 6.71. The maximum atomic E-state index is 13.1. The lowest BCUT2D eigenvalue weighted by Crippen LogP contribution is -2.02. The molecule has 0 aliphatic heterocycles. The lowest BCUT2D eigenvalue weighted by Gasteiger charge is -2.03. The van der Waals surface area contributed by atoms with E-state index in [1.807, 2.05) is 17.7 Å². The zero-order valence-electron chi connectivity index (χ0n) is 11.9. The van der Waals surface area contributed by atoms with Crippen LogP contribution in [-0.4, -0.2) is 9.55 Å². The number of aryl methyl sites for hydroxylation is 2. The second-order valence-electron chi connectivity index (χ2n) is 4.84. The number of hydrogen-bond acceptors (Lipinski definition) is 2. The zero-order chi connectivity index (χ0) is 13.8. The summed E-state index contributed by atoms with van der Waals surface area (Å²) in [4.78, 5) is 4.37. The zero-order valence-corrected chi connectivity index (χ0v) is 12.7. The molecule has 1 heterocycles. The van der Waals surface area contributed by atoms with Crippen LogP contribution in [0.5, 0.6) is 0 Å². The van der Waals surface area contributed by atoms with E-state index in [1.165, 1.54) is 25.0 Å². The van der Waals surface area contributed by atoms with Gasteiger partial charge in [-0.1, -0.05) is 19.8 Å². The molecule has 2 rings (SSSR count). The molecular weight excluding hydrogens is 277 g/mol. The number of nitrogens with zero attached hydrogens (tertiary/aromatic N) is 2. The van der Waals surface area contributed by atoms with Crippen LogP contribution in [0.4, 0.5) is 10.3 Å². The molecule has 5 heteroatoms. The Morgan fingerprint density at radius 3 is 2.70 bits per heavy atom. The van der Waals surface area contributed by atoms with Crippen LogP contribution in [0.15, 0.2) is 24.4 Å². The molecule has 0 radical (unpaired) electrons. The predicted octanol–water partition coefficient (Wildman–Crippen LogP) is 4.19. The normalized spacial score (nSPS) is 10.3. The minimum atomic E-state index is -0.225. The maximum absolute atomic E-state index is 13.1. The average molecular weight is 298 g/mol. The Labute approximate surface area is 125 Å². The Kier molecular flexibility index (Phi) is 6.02. The first-order valence-electron chi connectivity index (χ1n) is 6.71. The highest BCUT2D eigenvalue weighted by Crippen LogP contribution is 2.24. The van der Waals surface area contributed by atoms with Crippen LogP contribution in [0.2, 0.25) is 0 Å². The molecular formula is C15H21ClFN3. The van der Waals surface area contributed by atoms with Gasteiger partial charge in [-0.2, -0.15) is 0 Å². The standard InChI is InChI=1S/C15H20FN3.ClH/c1-3-4-5-8-19-10-14(18-15(19)17)13-7-6-12(16)9-11(13)2;/h6-7,9-10H,3-5,8H2,1-2H3,(H2,17,18);1H. The van der Waals surface area contributed by atoms with E-state index in [0.29, 0.717) is 5.95 Å². The van der Waals surface area contributed by atoms with E-state index in [2.05, 4.69) is 11.9 Å². The summed E-state index contributed by atoms with van der Waals surface area (Å²) in [6.07, 6.45) is 5.41. The summed E-state index contributed by atoms with van der Waals surface area (Å²) in [5.41, 5.74) is 8.54. The predicted molar refractivity (Wildman–Crippen MR) is 83.5 cm³/mol. The topological polar surface area (TPSA) is 43.8 Å². The first-order chi connectivity index (χ1) is 9.11. The fraction of sp³-hybridized carbons (Fsp3) is 0.400. The molecule has 0 atom stereocenters. The number of anilines is 1. The van der Waals surface area contributed by atoms with Crippen molar-refractivity contribution in [2.45, 2.75) is 39.7 Å². The summed E-state index contributed by atoms with van der Waals surface area (Å²) in [6, 6.07) is 4.72. The van der Waals surface area contributed by atoms with Crippen molar-refractivity contribution in [3.8, 4) is 11.3 Å². The third kappa shape index (κ3) is 3.73. The van der Waals surface area contributed by atoms with Crippen LogP contribution in [0, 0.1) is 12.7 Å². The van der Waals surface area contributed by atoms with E-state index in [1.54, 1.807) is 6.07 Å². The third-order valence-corrected chi connectivity index (χ3v) is 3.27.